The Morgan fingerprint density at radius 1 is 1.45 bits per heavy atom. The highest BCUT2D eigenvalue weighted by Gasteiger charge is 2.32. The van der Waals surface area contributed by atoms with Crippen LogP contribution in [0.4, 0.5) is 4.79 Å². The van der Waals surface area contributed by atoms with Gasteiger partial charge in [0.2, 0.25) is 0 Å². The summed E-state index contributed by atoms with van der Waals surface area (Å²) in [5.74, 6) is 0. The van der Waals surface area contributed by atoms with Crippen LogP contribution in [-0.2, 0) is 0 Å². The van der Waals surface area contributed by atoms with Crippen molar-refractivity contribution in [1.82, 2.24) is 10.2 Å². The van der Waals surface area contributed by atoms with Crippen LogP contribution < -0.4 is 5.32 Å². The number of benzene rings is 1. The van der Waals surface area contributed by atoms with Gasteiger partial charge in [-0.2, -0.15) is 0 Å². The summed E-state index contributed by atoms with van der Waals surface area (Å²) in [5, 5.41) is 12.1. The number of nitrogens with zero attached hydrogens (tertiary/aromatic N) is 1. The van der Waals surface area contributed by atoms with Gasteiger partial charge >= 0.3 is 6.03 Å². The summed E-state index contributed by atoms with van der Waals surface area (Å²) >= 11 is 3.42. The normalized spacial score (nSPS) is 15.8. The second kappa shape index (κ2) is 7.09. The number of rotatable bonds is 6. The molecule has 1 aromatic carbocycles. The molecular formula is C15H21BrN2O2. The number of hydrogen-bond acceptors (Lipinski definition) is 2. The molecule has 0 saturated heterocycles. The highest BCUT2D eigenvalue weighted by Crippen LogP contribution is 2.27. The molecule has 1 unspecified atom stereocenters. The van der Waals surface area contributed by atoms with Crippen molar-refractivity contribution in [3.05, 3.63) is 34.3 Å². The molecule has 0 spiro atoms. The largest absolute Gasteiger partial charge is 0.395 e. The molecule has 2 amide bonds. The summed E-state index contributed by atoms with van der Waals surface area (Å²) in [7, 11) is 0. The molecule has 1 aliphatic carbocycles. The van der Waals surface area contributed by atoms with Crippen molar-refractivity contribution in [3.8, 4) is 0 Å². The third-order valence-electron chi connectivity index (χ3n) is 3.57. The van der Waals surface area contributed by atoms with Crippen LogP contribution in [0.15, 0.2) is 28.7 Å². The van der Waals surface area contributed by atoms with Crippen LogP contribution in [0.2, 0.25) is 0 Å². The standard InChI is InChI=1S/C15H21BrN2O2/c1-2-14(11-3-5-12(16)6-4-11)17-15(20)18(9-10-19)13-7-8-13/h3-6,13-14,19H,2,7-10H2,1H3,(H,17,20). The lowest BCUT2D eigenvalue weighted by atomic mass is 10.1. The SMILES string of the molecule is CCC(NC(=O)N(CCO)C1CC1)c1ccc(Br)cc1. The van der Waals surface area contributed by atoms with Gasteiger partial charge in [0.1, 0.15) is 0 Å². The van der Waals surface area contributed by atoms with E-state index in [2.05, 4.69) is 28.2 Å². The molecule has 110 valence electrons. The van der Waals surface area contributed by atoms with E-state index in [-0.39, 0.29) is 18.7 Å². The van der Waals surface area contributed by atoms with E-state index in [0.29, 0.717) is 12.6 Å². The van der Waals surface area contributed by atoms with Crippen molar-refractivity contribution in [1.29, 1.82) is 0 Å². The van der Waals surface area contributed by atoms with E-state index in [4.69, 9.17) is 5.11 Å². The van der Waals surface area contributed by atoms with Crippen molar-refractivity contribution in [3.63, 3.8) is 0 Å². The van der Waals surface area contributed by atoms with Crippen LogP contribution in [0, 0.1) is 0 Å². The number of aliphatic hydroxyl groups excluding tert-OH is 1. The third-order valence-corrected chi connectivity index (χ3v) is 4.10. The number of hydrogen-bond donors (Lipinski definition) is 2. The van der Waals surface area contributed by atoms with Gasteiger partial charge in [0, 0.05) is 17.1 Å². The van der Waals surface area contributed by atoms with Crippen molar-refractivity contribution >= 4 is 22.0 Å². The minimum atomic E-state index is -0.0729. The van der Waals surface area contributed by atoms with Crippen LogP contribution in [0.25, 0.3) is 0 Å². The number of carbonyl (C=O) groups is 1. The lowest BCUT2D eigenvalue weighted by molar-refractivity contribution is 0.170. The Labute approximate surface area is 128 Å². The zero-order chi connectivity index (χ0) is 14.5. The first-order valence-electron chi connectivity index (χ1n) is 7.09. The molecule has 0 heterocycles. The van der Waals surface area contributed by atoms with E-state index in [9.17, 15) is 4.79 Å². The Morgan fingerprint density at radius 2 is 2.10 bits per heavy atom. The number of amides is 2. The number of urea groups is 1. The van der Waals surface area contributed by atoms with E-state index in [1.807, 2.05) is 24.3 Å². The van der Waals surface area contributed by atoms with Crippen LogP contribution in [-0.4, -0.2) is 35.2 Å². The average Bonchev–Trinajstić information content (AvgIpc) is 3.27. The van der Waals surface area contributed by atoms with Crippen molar-refractivity contribution < 1.29 is 9.90 Å². The number of nitrogens with one attached hydrogen (secondary N) is 1. The van der Waals surface area contributed by atoms with Gasteiger partial charge in [0.05, 0.1) is 12.6 Å². The summed E-state index contributed by atoms with van der Waals surface area (Å²) in [4.78, 5) is 14.1. The van der Waals surface area contributed by atoms with E-state index >= 15 is 0 Å². The zero-order valence-electron chi connectivity index (χ0n) is 11.7. The van der Waals surface area contributed by atoms with E-state index in [1.165, 1.54) is 0 Å². The average molecular weight is 341 g/mol. The van der Waals surface area contributed by atoms with Crippen LogP contribution in [0.5, 0.6) is 0 Å². The van der Waals surface area contributed by atoms with Gasteiger partial charge in [-0.1, -0.05) is 35.0 Å². The molecule has 0 aromatic heterocycles. The van der Waals surface area contributed by atoms with E-state index in [1.54, 1.807) is 4.90 Å². The van der Waals surface area contributed by atoms with Crippen molar-refractivity contribution in [2.75, 3.05) is 13.2 Å². The van der Waals surface area contributed by atoms with Crippen molar-refractivity contribution in [2.24, 2.45) is 0 Å². The Morgan fingerprint density at radius 3 is 2.60 bits per heavy atom. The maximum absolute atomic E-state index is 12.3. The molecule has 1 aliphatic rings. The van der Waals surface area contributed by atoms with Gasteiger partial charge in [-0.05, 0) is 37.0 Å². The second-order valence-corrected chi connectivity index (χ2v) is 6.03. The monoisotopic (exact) mass is 340 g/mol. The maximum atomic E-state index is 12.3. The Hall–Kier alpha value is -1.07. The molecule has 4 nitrogen and oxygen atoms in total. The quantitative estimate of drug-likeness (QED) is 0.836. The smallest absolute Gasteiger partial charge is 0.318 e. The highest BCUT2D eigenvalue weighted by atomic mass is 79.9. The fourth-order valence-corrected chi connectivity index (χ4v) is 2.56. The molecule has 0 bridgehead atoms. The predicted octanol–water partition coefficient (Wildman–Crippen LogP) is 3.07. The van der Waals surface area contributed by atoms with Gasteiger partial charge in [-0.15, -0.1) is 0 Å². The lowest BCUT2D eigenvalue weighted by Crippen LogP contribution is -2.44. The number of carbonyl (C=O) groups excluding carboxylic acids is 1. The molecule has 1 fully saturated rings. The van der Waals surface area contributed by atoms with Crippen LogP contribution >= 0.6 is 15.9 Å². The van der Waals surface area contributed by atoms with Gasteiger partial charge in [0.25, 0.3) is 0 Å². The number of aliphatic hydroxyl groups is 1. The first kappa shape index (κ1) is 15.3. The fraction of sp³-hybridized carbons (Fsp3) is 0.533. The molecule has 0 aliphatic heterocycles. The summed E-state index contributed by atoms with van der Waals surface area (Å²) in [5.41, 5.74) is 1.10. The number of halogens is 1. The Balaban J connectivity index is 2.01. The fourth-order valence-electron chi connectivity index (χ4n) is 2.29. The zero-order valence-corrected chi connectivity index (χ0v) is 13.3. The molecule has 20 heavy (non-hydrogen) atoms. The lowest BCUT2D eigenvalue weighted by Gasteiger charge is -2.25. The Kier molecular flexibility index (Phi) is 5.43. The molecule has 2 rings (SSSR count). The molecule has 2 N–H and O–H groups in total. The summed E-state index contributed by atoms with van der Waals surface area (Å²) < 4.78 is 1.03. The maximum Gasteiger partial charge on any atom is 0.318 e. The van der Waals surface area contributed by atoms with Crippen LogP contribution in [0.3, 0.4) is 0 Å². The van der Waals surface area contributed by atoms with Gasteiger partial charge in [0.15, 0.2) is 0 Å². The first-order valence-corrected chi connectivity index (χ1v) is 7.88. The third kappa shape index (κ3) is 3.96. The summed E-state index contributed by atoms with van der Waals surface area (Å²) in [6.07, 6.45) is 2.93. The molecule has 1 atom stereocenters. The minimum Gasteiger partial charge on any atom is -0.395 e. The molecular weight excluding hydrogens is 320 g/mol. The van der Waals surface area contributed by atoms with Crippen molar-refractivity contribution in [2.45, 2.75) is 38.3 Å². The topological polar surface area (TPSA) is 52.6 Å². The Bertz CT molecular complexity index is 446. The molecule has 1 saturated carbocycles. The molecule has 0 radical (unpaired) electrons. The minimum absolute atomic E-state index is 0.00976. The van der Waals surface area contributed by atoms with Gasteiger partial charge in [-0.25, -0.2) is 4.79 Å². The second-order valence-electron chi connectivity index (χ2n) is 5.11. The summed E-state index contributed by atoms with van der Waals surface area (Å²) in [6, 6.07) is 8.25. The predicted molar refractivity (Wildman–Crippen MR) is 82.5 cm³/mol. The van der Waals surface area contributed by atoms with Gasteiger partial charge < -0.3 is 15.3 Å². The summed E-state index contributed by atoms with van der Waals surface area (Å²) in [6.45, 7) is 2.48. The first-order chi connectivity index (χ1) is 9.65. The highest BCUT2D eigenvalue weighted by molar-refractivity contribution is 9.10. The molecule has 1 aromatic rings. The van der Waals surface area contributed by atoms with E-state index < -0.39 is 0 Å². The van der Waals surface area contributed by atoms with Crippen LogP contribution in [0.1, 0.15) is 37.8 Å². The van der Waals surface area contributed by atoms with E-state index in [0.717, 1.165) is 29.3 Å². The molecule has 5 heteroatoms. The van der Waals surface area contributed by atoms with Gasteiger partial charge in [-0.3, -0.25) is 0 Å².